The first kappa shape index (κ1) is 12.8. The number of hydrogen-bond acceptors (Lipinski definition) is 1. The Morgan fingerprint density at radius 3 is 2.65 bits per heavy atom. The molecule has 17 heavy (non-hydrogen) atoms. The molecule has 0 bridgehead atoms. The lowest BCUT2D eigenvalue weighted by Crippen LogP contribution is -2.20. The average Bonchev–Trinajstić information content (AvgIpc) is 2.62. The summed E-state index contributed by atoms with van der Waals surface area (Å²) in [7, 11) is -1.20. The van der Waals surface area contributed by atoms with Crippen LogP contribution in [0.15, 0.2) is 22.6 Å². The maximum atomic E-state index is 12.0. The number of hydrogen-bond donors (Lipinski definition) is 0. The van der Waals surface area contributed by atoms with Gasteiger partial charge in [0.2, 0.25) is 0 Å². The van der Waals surface area contributed by atoms with Crippen LogP contribution in [-0.4, -0.2) is 14.7 Å². The van der Waals surface area contributed by atoms with Crippen molar-refractivity contribution in [1.82, 2.24) is 0 Å². The van der Waals surface area contributed by atoms with Crippen molar-refractivity contribution in [1.29, 1.82) is 0 Å². The van der Waals surface area contributed by atoms with Crippen LogP contribution in [0.25, 0.3) is 0 Å². The topological polar surface area (TPSA) is 29.4 Å². The van der Waals surface area contributed by atoms with Crippen molar-refractivity contribution >= 4 is 28.3 Å². The van der Waals surface area contributed by atoms with Crippen LogP contribution < -0.4 is 0 Å². The zero-order chi connectivity index (χ0) is 12.6. The molecule has 0 amide bonds. The van der Waals surface area contributed by atoms with Gasteiger partial charge in [-0.05, 0) is 45.2 Å². The summed E-state index contributed by atoms with van der Waals surface area (Å²) in [5.74, 6) is 0. The van der Waals surface area contributed by atoms with Crippen molar-refractivity contribution in [3.8, 4) is 0 Å². The highest BCUT2D eigenvalue weighted by Crippen LogP contribution is 2.29. The SMILES string of the molecule is CC(C)(C)S(=O)/N=C1\CCc2c(Cl)cccc21. The average molecular weight is 270 g/mol. The molecule has 92 valence electrons. The van der Waals surface area contributed by atoms with Crippen molar-refractivity contribution in [3.05, 3.63) is 34.3 Å². The Hall–Kier alpha value is -0.670. The molecule has 0 saturated carbocycles. The molecule has 1 aromatic carbocycles. The summed E-state index contributed by atoms with van der Waals surface area (Å²) in [6.45, 7) is 5.79. The fourth-order valence-electron chi connectivity index (χ4n) is 1.79. The molecule has 1 aliphatic carbocycles. The third-order valence-electron chi connectivity index (χ3n) is 2.76. The van der Waals surface area contributed by atoms with E-state index < -0.39 is 11.0 Å². The van der Waals surface area contributed by atoms with Crippen LogP contribution in [-0.2, 0) is 17.4 Å². The maximum Gasteiger partial charge on any atom is 0.145 e. The molecule has 2 rings (SSSR count). The van der Waals surface area contributed by atoms with Gasteiger partial charge in [0.25, 0.3) is 0 Å². The van der Waals surface area contributed by atoms with Crippen LogP contribution in [0.4, 0.5) is 0 Å². The van der Waals surface area contributed by atoms with Gasteiger partial charge in [0.05, 0.1) is 10.5 Å². The molecule has 1 aromatic rings. The van der Waals surface area contributed by atoms with Crippen molar-refractivity contribution < 1.29 is 4.21 Å². The molecule has 0 aliphatic heterocycles. The van der Waals surface area contributed by atoms with Crippen LogP contribution in [0, 0.1) is 0 Å². The van der Waals surface area contributed by atoms with E-state index in [0.29, 0.717) is 0 Å². The molecule has 0 spiro atoms. The Morgan fingerprint density at radius 2 is 2.00 bits per heavy atom. The van der Waals surface area contributed by atoms with E-state index in [1.54, 1.807) is 0 Å². The number of benzene rings is 1. The smallest absolute Gasteiger partial charge is 0.145 e. The summed E-state index contributed by atoms with van der Waals surface area (Å²) < 4.78 is 16.1. The zero-order valence-electron chi connectivity index (χ0n) is 10.3. The minimum Gasteiger partial charge on any atom is -0.234 e. The summed E-state index contributed by atoms with van der Waals surface area (Å²) in [5.41, 5.74) is 3.13. The third kappa shape index (κ3) is 2.61. The minimum absolute atomic E-state index is 0.311. The van der Waals surface area contributed by atoms with E-state index in [0.717, 1.165) is 34.7 Å². The largest absolute Gasteiger partial charge is 0.234 e. The van der Waals surface area contributed by atoms with Gasteiger partial charge in [-0.25, -0.2) is 4.21 Å². The summed E-state index contributed by atoms with van der Waals surface area (Å²) in [5, 5.41) is 0.786. The normalized spacial score (nSPS) is 19.4. The highest BCUT2D eigenvalue weighted by atomic mass is 35.5. The summed E-state index contributed by atoms with van der Waals surface area (Å²) in [6.07, 6.45) is 1.73. The molecule has 1 aliphatic rings. The van der Waals surface area contributed by atoms with Crippen molar-refractivity contribution in [2.45, 2.75) is 38.4 Å². The molecule has 1 unspecified atom stereocenters. The Kier molecular flexibility index (Phi) is 3.41. The monoisotopic (exact) mass is 269 g/mol. The van der Waals surface area contributed by atoms with E-state index in [1.807, 2.05) is 39.0 Å². The van der Waals surface area contributed by atoms with Gasteiger partial charge in [-0.1, -0.05) is 23.7 Å². The Balaban J connectivity index is 2.38. The second-order valence-electron chi connectivity index (χ2n) is 5.17. The van der Waals surface area contributed by atoms with E-state index in [2.05, 4.69) is 4.40 Å². The van der Waals surface area contributed by atoms with Gasteiger partial charge in [-0.2, -0.15) is 4.40 Å². The van der Waals surface area contributed by atoms with Gasteiger partial charge < -0.3 is 0 Å². The number of fused-ring (bicyclic) bond motifs is 1. The van der Waals surface area contributed by atoms with Gasteiger partial charge in [0.15, 0.2) is 0 Å². The van der Waals surface area contributed by atoms with Crippen LogP contribution in [0.1, 0.15) is 38.3 Å². The lowest BCUT2D eigenvalue weighted by Gasteiger charge is -2.14. The Labute approximate surface area is 110 Å². The maximum absolute atomic E-state index is 12.0. The standard InChI is InChI=1S/C13H16ClNOS/c1-13(2,3)17(16)15-12-8-7-9-10(12)5-4-6-11(9)14/h4-6H,7-8H2,1-3H3/b15-12+. The van der Waals surface area contributed by atoms with E-state index in [1.165, 1.54) is 0 Å². The second-order valence-corrected chi connectivity index (χ2v) is 7.48. The van der Waals surface area contributed by atoms with Gasteiger partial charge in [0, 0.05) is 10.6 Å². The summed E-state index contributed by atoms with van der Waals surface area (Å²) in [4.78, 5) is 0. The first-order chi connectivity index (χ1) is 7.89. The van der Waals surface area contributed by atoms with E-state index in [-0.39, 0.29) is 4.75 Å². The van der Waals surface area contributed by atoms with Gasteiger partial charge >= 0.3 is 0 Å². The quantitative estimate of drug-likeness (QED) is 0.767. The van der Waals surface area contributed by atoms with Crippen LogP contribution in [0.3, 0.4) is 0 Å². The lowest BCUT2D eigenvalue weighted by atomic mass is 10.1. The highest BCUT2D eigenvalue weighted by molar-refractivity contribution is 7.85. The molecule has 0 aromatic heterocycles. The van der Waals surface area contributed by atoms with Crippen LogP contribution >= 0.6 is 11.6 Å². The number of nitrogens with zero attached hydrogens (tertiary/aromatic N) is 1. The molecular weight excluding hydrogens is 254 g/mol. The van der Waals surface area contributed by atoms with Gasteiger partial charge in [-0.3, -0.25) is 0 Å². The fourth-order valence-corrected chi connectivity index (χ4v) is 2.73. The molecule has 2 nitrogen and oxygen atoms in total. The van der Waals surface area contributed by atoms with E-state index in [4.69, 9.17) is 11.6 Å². The number of rotatable bonds is 1. The molecular formula is C13H16ClNOS. The third-order valence-corrected chi connectivity index (χ3v) is 4.55. The molecule has 0 N–H and O–H groups in total. The summed E-state index contributed by atoms with van der Waals surface area (Å²) >= 11 is 6.13. The second kappa shape index (κ2) is 4.54. The van der Waals surface area contributed by atoms with Crippen molar-refractivity contribution in [2.75, 3.05) is 0 Å². The molecule has 0 heterocycles. The highest BCUT2D eigenvalue weighted by Gasteiger charge is 2.24. The van der Waals surface area contributed by atoms with E-state index in [9.17, 15) is 4.21 Å². The Bertz CT molecular complexity index is 503. The lowest BCUT2D eigenvalue weighted by molar-refractivity contribution is 0.650. The molecule has 4 heteroatoms. The molecule has 0 radical (unpaired) electrons. The zero-order valence-corrected chi connectivity index (χ0v) is 11.9. The minimum atomic E-state index is -1.20. The molecule has 1 atom stereocenters. The number of halogens is 1. The first-order valence-electron chi connectivity index (χ1n) is 5.67. The van der Waals surface area contributed by atoms with Gasteiger partial charge in [-0.15, -0.1) is 0 Å². The summed E-state index contributed by atoms with van der Waals surface area (Å²) in [6, 6.07) is 5.82. The predicted molar refractivity (Wildman–Crippen MR) is 74.2 cm³/mol. The molecule has 0 saturated heterocycles. The first-order valence-corrected chi connectivity index (χ1v) is 7.15. The predicted octanol–water partition coefficient (Wildman–Crippen LogP) is 3.54. The molecule has 0 fully saturated rings. The van der Waals surface area contributed by atoms with Crippen molar-refractivity contribution in [2.24, 2.45) is 4.40 Å². The fraction of sp³-hybridized carbons (Fsp3) is 0.462. The van der Waals surface area contributed by atoms with E-state index >= 15 is 0 Å². The van der Waals surface area contributed by atoms with Crippen LogP contribution in [0.5, 0.6) is 0 Å². The van der Waals surface area contributed by atoms with Crippen LogP contribution in [0.2, 0.25) is 5.02 Å². The van der Waals surface area contributed by atoms with Crippen molar-refractivity contribution in [3.63, 3.8) is 0 Å². The Morgan fingerprint density at radius 1 is 1.29 bits per heavy atom. The van der Waals surface area contributed by atoms with Gasteiger partial charge in [0.1, 0.15) is 11.0 Å².